The SMILES string of the molecule is CC(=N)CCCCC1CCC(=O)O1. The Bertz CT molecular complexity index is 201. The Labute approximate surface area is 79.0 Å². The van der Waals surface area contributed by atoms with Gasteiger partial charge in [0.1, 0.15) is 6.10 Å². The number of nitrogens with one attached hydrogen (secondary N) is 1. The fourth-order valence-electron chi connectivity index (χ4n) is 1.55. The molecule has 1 saturated heterocycles. The molecule has 3 nitrogen and oxygen atoms in total. The molecule has 13 heavy (non-hydrogen) atoms. The van der Waals surface area contributed by atoms with E-state index in [1.807, 2.05) is 6.92 Å². The van der Waals surface area contributed by atoms with Crippen molar-refractivity contribution in [3.8, 4) is 0 Å². The lowest BCUT2D eigenvalue weighted by Gasteiger charge is -2.07. The minimum absolute atomic E-state index is 0.0479. The molecule has 1 heterocycles. The highest BCUT2D eigenvalue weighted by molar-refractivity contribution is 5.78. The number of esters is 1. The van der Waals surface area contributed by atoms with Crippen molar-refractivity contribution >= 4 is 11.7 Å². The maximum Gasteiger partial charge on any atom is 0.306 e. The molecule has 1 fully saturated rings. The van der Waals surface area contributed by atoms with Crippen LogP contribution in [-0.2, 0) is 9.53 Å². The minimum atomic E-state index is -0.0479. The Morgan fingerprint density at radius 1 is 1.62 bits per heavy atom. The Hall–Kier alpha value is -0.860. The van der Waals surface area contributed by atoms with E-state index in [4.69, 9.17) is 10.1 Å². The number of ether oxygens (including phenoxy) is 1. The fraction of sp³-hybridized carbons (Fsp3) is 0.800. The van der Waals surface area contributed by atoms with Crippen molar-refractivity contribution in [1.82, 2.24) is 0 Å². The van der Waals surface area contributed by atoms with Gasteiger partial charge in [-0.25, -0.2) is 0 Å². The lowest BCUT2D eigenvalue weighted by Crippen LogP contribution is -2.06. The topological polar surface area (TPSA) is 50.2 Å². The molecule has 0 amide bonds. The molecule has 0 aromatic carbocycles. The molecular formula is C10H17NO2. The predicted octanol–water partition coefficient (Wildman–Crippen LogP) is 2.29. The van der Waals surface area contributed by atoms with Gasteiger partial charge in [0.25, 0.3) is 0 Å². The van der Waals surface area contributed by atoms with Gasteiger partial charge in [-0.2, -0.15) is 0 Å². The third kappa shape index (κ3) is 4.06. The lowest BCUT2D eigenvalue weighted by molar-refractivity contribution is -0.141. The van der Waals surface area contributed by atoms with Gasteiger partial charge >= 0.3 is 5.97 Å². The molecule has 1 aliphatic heterocycles. The predicted molar refractivity (Wildman–Crippen MR) is 51.0 cm³/mol. The molecule has 1 N–H and O–H groups in total. The van der Waals surface area contributed by atoms with Crippen LogP contribution in [0.3, 0.4) is 0 Å². The van der Waals surface area contributed by atoms with E-state index >= 15 is 0 Å². The smallest absolute Gasteiger partial charge is 0.306 e. The molecule has 0 radical (unpaired) electrons. The van der Waals surface area contributed by atoms with Gasteiger partial charge in [0.05, 0.1) is 0 Å². The summed E-state index contributed by atoms with van der Waals surface area (Å²) in [7, 11) is 0. The molecule has 0 aliphatic carbocycles. The second-order valence-corrected chi connectivity index (χ2v) is 3.68. The molecular weight excluding hydrogens is 166 g/mol. The zero-order valence-electron chi connectivity index (χ0n) is 8.14. The zero-order chi connectivity index (χ0) is 9.68. The van der Waals surface area contributed by atoms with E-state index in [1.165, 1.54) is 0 Å². The second-order valence-electron chi connectivity index (χ2n) is 3.68. The largest absolute Gasteiger partial charge is 0.462 e. The van der Waals surface area contributed by atoms with Crippen molar-refractivity contribution in [2.45, 2.75) is 51.6 Å². The zero-order valence-corrected chi connectivity index (χ0v) is 8.14. The van der Waals surface area contributed by atoms with E-state index in [1.54, 1.807) is 0 Å². The monoisotopic (exact) mass is 183 g/mol. The Kier molecular flexibility index (Phi) is 3.93. The van der Waals surface area contributed by atoms with E-state index in [-0.39, 0.29) is 12.1 Å². The number of hydrogen-bond donors (Lipinski definition) is 1. The molecule has 74 valence electrons. The Morgan fingerprint density at radius 3 is 2.92 bits per heavy atom. The molecule has 0 aromatic rings. The molecule has 1 rings (SSSR count). The number of rotatable bonds is 5. The first-order valence-corrected chi connectivity index (χ1v) is 4.92. The minimum Gasteiger partial charge on any atom is -0.462 e. The summed E-state index contributed by atoms with van der Waals surface area (Å²) in [5.74, 6) is -0.0479. The summed E-state index contributed by atoms with van der Waals surface area (Å²) in [6.45, 7) is 1.83. The van der Waals surface area contributed by atoms with Crippen LogP contribution in [0.5, 0.6) is 0 Å². The maximum atomic E-state index is 10.7. The average Bonchev–Trinajstić information content (AvgIpc) is 2.45. The molecule has 0 aromatic heterocycles. The van der Waals surface area contributed by atoms with E-state index in [2.05, 4.69) is 0 Å². The normalized spacial score (nSPS) is 21.6. The summed E-state index contributed by atoms with van der Waals surface area (Å²) in [4.78, 5) is 10.7. The first kappa shape index (κ1) is 10.2. The summed E-state index contributed by atoms with van der Waals surface area (Å²) < 4.78 is 5.08. The summed E-state index contributed by atoms with van der Waals surface area (Å²) in [6, 6.07) is 0. The van der Waals surface area contributed by atoms with Crippen molar-refractivity contribution in [2.75, 3.05) is 0 Å². The molecule has 0 spiro atoms. The summed E-state index contributed by atoms with van der Waals surface area (Å²) >= 11 is 0. The van der Waals surface area contributed by atoms with Gasteiger partial charge in [0.2, 0.25) is 0 Å². The standard InChI is InChI=1S/C10H17NO2/c1-8(11)4-2-3-5-9-6-7-10(12)13-9/h9,11H,2-7H2,1H3. The first-order valence-electron chi connectivity index (χ1n) is 4.92. The van der Waals surface area contributed by atoms with Crippen LogP contribution < -0.4 is 0 Å². The van der Waals surface area contributed by atoms with Crippen LogP contribution in [0.2, 0.25) is 0 Å². The van der Waals surface area contributed by atoms with Crippen molar-refractivity contribution in [2.24, 2.45) is 0 Å². The fourth-order valence-corrected chi connectivity index (χ4v) is 1.55. The van der Waals surface area contributed by atoms with Crippen molar-refractivity contribution in [1.29, 1.82) is 5.41 Å². The van der Waals surface area contributed by atoms with Gasteiger partial charge in [0, 0.05) is 12.1 Å². The number of hydrogen-bond acceptors (Lipinski definition) is 3. The summed E-state index contributed by atoms with van der Waals surface area (Å²) in [6.07, 6.45) is 5.60. The van der Waals surface area contributed by atoms with E-state index in [0.29, 0.717) is 6.42 Å². The van der Waals surface area contributed by atoms with Crippen LogP contribution in [0.15, 0.2) is 0 Å². The number of unbranched alkanes of at least 4 members (excludes halogenated alkanes) is 1. The van der Waals surface area contributed by atoms with E-state index in [9.17, 15) is 4.79 Å². The molecule has 0 saturated carbocycles. The molecule has 1 unspecified atom stereocenters. The second kappa shape index (κ2) is 5.00. The number of carbonyl (C=O) groups excluding carboxylic acids is 1. The Morgan fingerprint density at radius 2 is 2.38 bits per heavy atom. The van der Waals surface area contributed by atoms with Crippen LogP contribution in [0.25, 0.3) is 0 Å². The molecule has 3 heteroatoms. The summed E-state index contributed by atoms with van der Waals surface area (Å²) in [5, 5.41) is 7.23. The lowest BCUT2D eigenvalue weighted by atomic mass is 10.1. The van der Waals surface area contributed by atoms with E-state index < -0.39 is 0 Å². The third-order valence-electron chi connectivity index (χ3n) is 2.30. The van der Waals surface area contributed by atoms with Gasteiger partial charge in [-0.15, -0.1) is 0 Å². The number of cyclic esters (lactones) is 1. The highest BCUT2D eigenvalue weighted by Crippen LogP contribution is 2.19. The van der Waals surface area contributed by atoms with Crippen LogP contribution in [0.4, 0.5) is 0 Å². The van der Waals surface area contributed by atoms with Crippen LogP contribution in [0, 0.1) is 5.41 Å². The van der Waals surface area contributed by atoms with Crippen LogP contribution >= 0.6 is 0 Å². The Balaban J connectivity index is 2.00. The first-order chi connectivity index (χ1) is 6.18. The maximum absolute atomic E-state index is 10.7. The van der Waals surface area contributed by atoms with Crippen molar-refractivity contribution in [3.05, 3.63) is 0 Å². The number of carbonyl (C=O) groups is 1. The molecule has 1 atom stereocenters. The molecule has 1 aliphatic rings. The van der Waals surface area contributed by atoms with Gasteiger partial charge in [-0.3, -0.25) is 4.79 Å². The van der Waals surface area contributed by atoms with Crippen LogP contribution in [0.1, 0.15) is 45.4 Å². The highest BCUT2D eigenvalue weighted by atomic mass is 16.5. The highest BCUT2D eigenvalue weighted by Gasteiger charge is 2.22. The summed E-state index contributed by atoms with van der Waals surface area (Å²) in [5.41, 5.74) is 0.739. The van der Waals surface area contributed by atoms with Gasteiger partial charge in [-0.1, -0.05) is 0 Å². The van der Waals surface area contributed by atoms with Gasteiger partial charge < -0.3 is 10.1 Å². The van der Waals surface area contributed by atoms with Crippen LogP contribution in [-0.4, -0.2) is 17.8 Å². The average molecular weight is 183 g/mol. The van der Waals surface area contributed by atoms with E-state index in [0.717, 1.165) is 37.8 Å². The molecule has 0 bridgehead atoms. The van der Waals surface area contributed by atoms with Crippen molar-refractivity contribution < 1.29 is 9.53 Å². The van der Waals surface area contributed by atoms with Gasteiger partial charge in [0.15, 0.2) is 0 Å². The third-order valence-corrected chi connectivity index (χ3v) is 2.30. The quantitative estimate of drug-likeness (QED) is 0.404. The van der Waals surface area contributed by atoms with Gasteiger partial charge in [-0.05, 0) is 39.0 Å². The van der Waals surface area contributed by atoms with Crippen molar-refractivity contribution in [3.63, 3.8) is 0 Å².